The molecule has 0 aliphatic carbocycles. The Morgan fingerprint density at radius 1 is 1.28 bits per heavy atom. The molecular formula is C16H15N3O5S. The summed E-state index contributed by atoms with van der Waals surface area (Å²) in [5, 5.41) is 31.1. The summed E-state index contributed by atoms with van der Waals surface area (Å²) < 4.78 is 5.96. The van der Waals surface area contributed by atoms with E-state index < -0.39 is 31.0 Å². The van der Waals surface area contributed by atoms with Gasteiger partial charge in [-0.3, -0.25) is 9.78 Å². The van der Waals surface area contributed by atoms with Gasteiger partial charge in [0, 0.05) is 11.8 Å². The maximum Gasteiger partial charge on any atom is 0.269 e. The van der Waals surface area contributed by atoms with Gasteiger partial charge in [-0.25, -0.2) is 4.98 Å². The Kier molecular flexibility index (Phi) is 4.10. The van der Waals surface area contributed by atoms with Gasteiger partial charge in [-0.15, -0.1) is 11.3 Å². The van der Waals surface area contributed by atoms with Crippen molar-refractivity contribution in [2.24, 2.45) is 0 Å². The molecule has 1 fully saturated rings. The van der Waals surface area contributed by atoms with Crippen molar-refractivity contribution in [2.45, 2.75) is 24.4 Å². The van der Waals surface area contributed by atoms with E-state index in [0.29, 0.717) is 27.3 Å². The standard InChI is InChI=1S/C16H15N3O5S/c20-5-9-11(21)12(22)13(24-9)7-6-25-14-10(7)18-15(19-16(14)23)8-3-1-2-4-17-8/h1-4,6,9,11-13,20-22H,5H2,(H,18,19,23)/t9-,11-,12-,13+/m1/s1. The molecule has 130 valence electrons. The summed E-state index contributed by atoms with van der Waals surface area (Å²) in [4.78, 5) is 23.7. The first kappa shape index (κ1) is 16.3. The van der Waals surface area contributed by atoms with Crippen LogP contribution in [0.2, 0.25) is 0 Å². The molecule has 0 bridgehead atoms. The Labute approximate surface area is 145 Å². The van der Waals surface area contributed by atoms with Gasteiger partial charge in [0.25, 0.3) is 5.56 Å². The summed E-state index contributed by atoms with van der Waals surface area (Å²) in [5.41, 5.74) is 1.10. The lowest BCUT2D eigenvalue weighted by molar-refractivity contribution is -0.0223. The highest BCUT2D eigenvalue weighted by Gasteiger charge is 2.44. The van der Waals surface area contributed by atoms with E-state index in [2.05, 4.69) is 15.0 Å². The third-order valence-electron chi connectivity index (χ3n) is 4.21. The average molecular weight is 361 g/mol. The van der Waals surface area contributed by atoms with Crippen LogP contribution in [-0.4, -0.2) is 55.2 Å². The molecule has 3 aromatic rings. The summed E-state index contributed by atoms with van der Waals surface area (Å²) in [5.74, 6) is 0.310. The fraction of sp³-hybridized carbons (Fsp3) is 0.312. The molecule has 1 aliphatic heterocycles. The quantitative estimate of drug-likeness (QED) is 0.524. The molecule has 0 radical (unpaired) electrons. The van der Waals surface area contributed by atoms with Gasteiger partial charge < -0.3 is 25.0 Å². The third-order valence-corrected chi connectivity index (χ3v) is 5.20. The lowest BCUT2D eigenvalue weighted by Crippen LogP contribution is -2.32. The lowest BCUT2D eigenvalue weighted by atomic mass is 10.0. The summed E-state index contributed by atoms with van der Waals surface area (Å²) in [7, 11) is 0. The number of hydrogen-bond donors (Lipinski definition) is 4. The van der Waals surface area contributed by atoms with E-state index in [4.69, 9.17) is 4.74 Å². The number of aliphatic hydroxyl groups excluding tert-OH is 3. The maximum absolute atomic E-state index is 12.4. The summed E-state index contributed by atoms with van der Waals surface area (Å²) >= 11 is 1.18. The average Bonchev–Trinajstić information content (AvgIpc) is 3.18. The molecule has 0 amide bonds. The SMILES string of the molecule is O=c1[nH]c(-c2ccccn2)nc2c([C@@H]3O[C@H](CO)[C@@H](O)[C@H]3O)csc12. The first-order valence-corrected chi connectivity index (χ1v) is 8.53. The molecule has 0 aromatic carbocycles. The minimum absolute atomic E-state index is 0.310. The second kappa shape index (κ2) is 6.28. The van der Waals surface area contributed by atoms with E-state index in [9.17, 15) is 20.1 Å². The molecular weight excluding hydrogens is 346 g/mol. The number of hydrogen-bond acceptors (Lipinski definition) is 8. The topological polar surface area (TPSA) is 129 Å². The van der Waals surface area contributed by atoms with Crippen LogP contribution in [0.4, 0.5) is 0 Å². The maximum atomic E-state index is 12.4. The first-order valence-electron chi connectivity index (χ1n) is 7.65. The summed E-state index contributed by atoms with van der Waals surface area (Å²) in [6.07, 6.45) is -2.57. The fourth-order valence-electron chi connectivity index (χ4n) is 2.93. The molecule has 0 saturated carbocycles. The predicted molar refractivity (Wildman–Crippen MR) is 90.2 cm³/mol. The molecule has 4 atom stereocenters. The smallest absolute Gasteiger partial charge is 0.269 e. The Hall–Kier alpha value is -2.17. The van der Waals surface area contributed by atoms with Crippen LogP contribution in [-0.2, 0) is 4.74 Å². The molecule has 4 heterocycles. The number of aliphatic hydroxyl groups is 3. The molecule has 0 spiro atoms. The summed E-state index contributed by atoms with van der Waals surface area (Å²) in [6, 6.07) is 5.27. The number of aromatic amines is 1. The highest BCUT2D eigenvalue weighted by molar-refractivity contribution is 7.17. The number of H-pyrrole nitrogens is 1. The van der Waals surface area contributed by atoms with Gasteiger partial charge in [0.15, 0.2) is 5.82 Å². The molecule has 4 N–H and O–H groups in total. The van der Waals surface area contributed by atoms with Gasteiger partial charge >= 0.3 is 0 Å². The number of ether oxygens (including phenoxy) is 1. The van der Waals surface area contributed by atoms with E-state index in [-0.39, 0.29) is 5.56 Å². The minimum Gasteiger partial charge on any atom is -0.394 e. The molecule has 8 nitrogen and oxygen atoms in total. The normalized spacial score (nSPS) is 26.4. The van der Waals surface area contributed by atoms with Crippen molar-refractivity contribution in [3.8, 4) is 11.5 Å². The van der Waals surface area contributed by atoms with E-state index in [1.165, 1.54) is 11.3 Å². The molecule has 0 unspecified atom stereocenters. The zero-order valence-electron chi connectivity index (χ0n) is 12.9. The Morgan fingerprint density at radius 2 is 2.12 bits per heavy atom. The molecule has 25 heavy (non-hydrogen) atoms. The van der Waals surface area contributed by atoms with Gasteiger partial charge in [0.2, 0.25) is 0 Å². The second-order valence-electron chi connectivity index (χ2n) is 5.76. The monoisotopic (exact) mass is 361 g/mol. The van der Waals surface area contributed by atoms with Gasteiger partial charge in [-0.1, -0.05) is 6.07 Å². The van der Waals surface area contributed by atoms with Gasteiger partial charge in [-0.2, -0.15) is 0 Å². The minimum atomic E-state index is -1.21. The van der Waals surface area contributed by atoms with Crippen LogP contribution in [0.25, 0.3) is 21.7 Å². The van der Waals surface area contributed by atoms with Crippen LogP contribution in [0, 0.1) is 0 Å². The van der Waals surface area contributed by atoms with Crippen molar-refractivity contribution >= 4 is 21.6 Å². The number of nitrogens with one attached hydrogen (secondary N) is 1. The third kappa shape index (κ3) is 2.66. The Balaban J connectivity index is 1.84. The molecule has 1 saturated heterocycles. The molecule has 1 aliphatic rings. The van der Waals surface area contributed by atoms with Crippen molar-refractivity contribution in [3.05, 3.63) is 45.7 Å². The van der Waals surface area contributed by atoms with Crippen molar-refractivity contribution in [3.63, 3.8) is 0 Å². The second-order valence-corrected chi connectivity index (χ2v) is 6.64. The van der Waals surface area contributed by atoms with Crippen molar-refractivity contribution < 1.29 is 20.1 Å². The summed E-state index contributed by atoms with van der Waals surface area (Å²) in [6.45, 7) is -0.413. The van der Waals surface area contributed by atoms with Crippen LogP contribution >= 0.6 is 11.3 Å². The number of thiophene rings is 1. The van der Waals surface area contributed by atoms with E-state index in [0.717, 1.165) is 0 Å². The zero-order valence-corrected chi connectivity index (χ0v) is 13.7. The van der Waals surface area contributed by atoms with E-state index in [1.54, 1.807) is 29.8 Å². The molecule has 3 aromatic heterocycles. The number of fused-ring (bicyclic) bond motifs is 1. The zero-order chi connectivity index (χ0) is 17.6. The van der Waals surface area contributed by atoms with Crippen molar-refractivity contribution in [2.75, 3.05) is 6.61 Å². The largest absolute Gasteiger partial charge is 0.394 e. The van der Waals surface area contributed by atoms with Crippen LogP contribution in [0.15, 0.2) is 34.6 Å². The molecule has 9 heteroatoms. The van der Waals surface area contributed by atoms with Gasteiger partial charge in [-0.05, 0) is 17.5 Å². The highest BCUT2D eigenvalue weighted by Crippen LogP contribution is 2.38. The van der Waals surface area contributed by atoms with Crippen molar-refractivity contribution in [1.29, 1.82) is 0 Å². The number of aromatic nitrogens is 3. The van der Waals surface area contributed by atoms with Crippen molar-refractivity contribution in [1.82, 2.24) is 15.0 Å². The van der Waals surface area contributed by atoms with E-state index >= 15 is 0 Å². The fourth-order valence-corrected chi connectivity index (χ4v) is 3.85. The predicted octanol–water partition coefficient (Wildman–Crippen LogP) is 0.201. The molecule has 4 rings (SSSR count). The van der Waals surface area contributed by atoms with Crippen LogP contribution in [0.5, 0.6) is 0 Å². The first-order chi connectivity index (χ1) is 12.1. The number of rotatable bonds is 3. The Bertz CT molecular complexity index is 957. The van der Waals surface area contributed by atoms with E-state index in [1.807, 2.05) is 0 Å². The van der Waals surface area contributed by atoms with Crippen LogP contribution < -0.4 is 5.56 Å². The highest BCUT2D eigenvalue weighted by atomic mass is 32.1. The lowest BCUT2D eigenvalue weighted by Gasteiger charge is -2.13. The van der Waals surface area contributed by atoms with Crippen LogP contribution in [0.3, 0.4) is 0 Å². The van der Waals surface area contributed by atoms with Crippen LogP contribution in [0.1, 0.15) is 11.7 Å². The number of nitrogens with zero attached hydrogens (tertiary/aromatic N) is 2. The Morgan fingerprint density at radius 3 is 2.80 bits per heavy atom. The van der Waals surface area contributed by atoms with Gasteiger partial charge in [0.05, 0.1) is 12.1 Å². The van der Waals surface area contributed by atoms with Gasteiger partial charge in [0.1, 0.15) is 34.8 Å². The number of pyridine rings is 1.